The maximum atomic E-state index is 9.69. The van der Waals surface area contributed by atoms with E-state index in [0.717, 1.165) is 11.1 Å². The molecule has 0 radical (unpaired) electrons. The van der Waals surface area contributed by atoms with E-state index in [9.17, 15) is 5.11 Å². The first-order chi connectivity index (χ1) is 10.2. The summed E-state index contributed by atoms with van der Waals surface area (Å²) in [4.78, 5) is 0. The van der Waals surface area contributed by atoms with Gasteiger partial charge in [-0.15, -0.1) is 0 Å². The highest BCUT2D eigenvalue weighted by atomic mass is 35.5. The third-order valence-electron chi connectivity index (χ3n) is 3.38. The van der Waals surface area contributed by atoms with Crippen LogP contribution in [0.25, 0.3) is 22.6 Å². The molecule has 0 amide bonds. The predicted octanol–water partition coefficient (Wildman–Crippen LogP) is 4.46. The molecule has 0 spiro atoms. The van der Waals surface area contributed by atoms with E-state index in [0.29, 0.717) is 22.0 Å². The molecule has 1 N–H and O–H groups in total. The summed E-state index contributed by atoms with van der Waals surface area (Å²) >= 11 is 5.90. The molecule has 21 heavy (non-hydrogen) atoms. The van der Waals surface area contributed by atoms with Gasteiger partial charge in [0, 0.05) is 16.1 Å². The van der Waals surface area contributed by atoms with E-state index in [1.165, 1.54) is 5.56 Å². The summed E-state index contributed by atoms with van der Waals surface area (Å²) < 4.78 is 5.45. The van der Waals surface area contributed by atoms with Gasteiger partial charge in [0.1, 0.15) is 5.69 Å². The summed E-state index contributed by atoms with van der Waals surface area (Å²) in [5, 5.41) is 14.5. The molecule has 0 atom stereocenters. The molecule has 3 rings (SSSR count). The van der Waals surface area contributed by atoms with E-state index >= 15 is 0 Å². The topological polar surface area (TPSA) is 46.3 Å². The lowest BCUT2D eigenvalue weighted by Crippen LogP contribution is -1.89. The lowest BCUT2D eigenvalue weighted by Gasteiger charge is -2.02. The van der Waals surface area contributed by atoms with Crippen LogP contribution in [0, 0.1) is 6.92 Å². The Morgan fingerprint density at radius 2 is 1.62 bits per heavy atom. The van der Waals surface area contributed by atoms with Crippen LogP contribution in [0.15, 0.2) is 53.1 Å². The number of hydrogen-bond donors (Lipinski definition) is 1. The molecule has 0 aliphatic carbocycles. The van der Waals surface area contributed by atoms with Crippen molar-refractivity contribution in [1.29, 1.82) is 0 Å². The van der Waals surface area contributed by atoms with Crippen LogP contribution in [0.5, 0.6) is 0 Å². The Labute approximate surface area is 127 Å². The minimum Gasteiger partial charge on any atom is -0.391 e. The molecule has 1 aromatic heterocycles. The zero-order chi connectivity index (χ0) is 14.8. The molecule has 4 heteroatoms. The Balaban J connectivity index is 2.08. The van der Waals surface area contributed by atoms with Crippen LogP contribution in [0.1, 0.15) is 11.1 Å². The van der Waals surface area contributed by atoms with Gasteiger partial charge in [0.2, 0.25) is 0 Å². The molecule has 0 saturated carbocycles. The van der Waals surface area contributed by atoms with E-state index in [4.69, 9.17) is 16.1 Å². The Bertz CT molecular complexity index is 682. The summed E-state index contributed by atoms with van der Waals surface area (Å²) in [6, 6.07) is 15.2. The molecular weight excluding hydrogens is 286 g/mol. The summed E-state index contributed by atoms with van der Waals surface area (Å²) in [5.74, 6) is 0.599. The Morgan fingerprint density at radius 3 is 2.24 bits per heavy atom. The largest absolute Gasteiger partial charge is 0.391 e. The molecule has 0 saturated heterocycles. The average Bonchev–Trinajstić information content (AvgIpc) is 2.92. The maximum Gasteiger partial charge on any atom is 0.173 e. The molecule has 0 bridgehead atoms. The van der Waals surface area contributed by atoms with Crippen molar-refractivity contribution in [1.82, 2.24) is 5.16 Å². The third kappa shape index (κ3) is 2.71. The van der Waals surface area contributed by atoms with Crippen LogP contribution >= 0.6 is 11.6 Å². The van der Waals surface area contributed by atoms with Crippen molar-refractivity contribution < 1.29 is 9.63 Å². The molecule has 0 aliphatic heterocycles. The molecule has 0 unspecified atom stereocenters. The zero-order valence-corrected chi connectivity index (χ0v) is 12.3. The molecule has 2 aromatic carbocycles. The maximum absolute atomic E-state index is 9.69. The van der Waals surface area contributed by atoms with Crippen LogP contribution in [-0.4, -0.2) is 10.3 Å². The number of rotatable bonds is 3. The van der Waals surface area contributed by atoms with Crippen LogP contribution < -0.4 is 0 Å². The number of aromatic nitrogens is 1. The second-order valence-corrected chi connectivity index (χ2v) is 5.31. The van der Waals surface area contributed by atoms with Gasteiger partial charge in [-0.25, -0.2) is 0 Å². The van der Waals surface area contributed by atoms with Gasteiger partial charge in [0.05, 0.1) is 12.2 Å². The van der Waals surface area contributed by atoms with Crippen LogP contribution in [0.3, 0.4) is 0 Å². The number of aliphatic hydroxyl groups is 1. The Kier molecular flexibility index (Phi) is 3.78. The van der Waals surface area contributed by atoms with Gasteiger partial charge >= 0.3 is 0 Å². The number of benzene rings is 2. The van der Waals surface area contributed by atoms with Crippen molar-refractivity contribution in [3.8, 4) is 22.6 Å². The van der Waals surface area contributed by atoms with Crippen molar-refractivity contribution in [2.24, 2.45) is 0 Å². The molecule has 1 heterocycles. The van der Waals surface area contributed by atoms with Crippen LogP contribution in [0.4, 0.5) is 0 Å². The molecule has 0 fully saturated rings. The van der Waals surface area contributed by atoms with E-state index in [1.807, 2.05) is 43.3 Å². The zero-order valence-electron chi connectivity index (χ0n) is 11.5. The highest BCUT2D eigenvalue weighted by Crippen LogP contribution is 2.32. The van der Waals surface area contributed by atoms with E-state index < -0.39 is 0 Å². The van der Waals surface area contributed by atoms with E-state index in [2.05, 4.69) is 5.16 Å². The summed E-state index contributed by atoms with van der Waals surface area (Å²) in [6.07, 6.45) is 0. The average molecular weight is 300 g/mol. The lowest BCUT2D eigenvalue weighted by atomic mass is 10.0. The van der Waals surface area contributed by atoms with Crippen molar-refractivity contribution in [2.75, 3.05) is 0 Å². The monoisotopic (exact) mass is 299 g/mol. The highest BCUT2D eigenvalue weighted by molar-refractivity contribution is 6.30. The number of aryl methyl sites for hydroxylation is 1. The van der Waals surface area contributed by atoms with Crippen LogP contribution in [0.2, 0.25) is 5.02 Å². The van der Waals surface area contributed by atoms with E-state index in [1.54, 1.807) is 12.1 Å². The minimum absolute atomic E-state index is 0.134. The third-order valence-corrected chi connectivity index (χ3v) is 3.63. The first kappa shape index (κ1) is 13.9. The van der Waals surface area contributed by atoms with Crippen molar-refractivity contribution in [3.63, 3.8) is 0 Å². The number of halogens is 1. The van der Waals surface area contributed by atoms with Gasteiger partial charge < -0.3 is 9.63 Å². The van der Waals surface area contributed by atoms with Gasteiger partial charge in [-0.1, -0.05) is 58.7 Å². The first-order valence-electron chi connectivity index (χ1n) is 6.61. The summed E-state index contributed by atoms with van der Waals surface area (Å²) in [5.41, 5.74) is 4.26. The molecule has 3 nitrogen and oxygen atoms in total. The number of nitrogens with zero attached hydrogens (tertiary/aromatic N) is 1. The Morgan fingerprint density at radius 1 is 1.00 bits per heavy atom. The summed E-state index contributed by atoms with van der Waals surface area (Å²) in [7, 11) is 0. The molecular formula is C17H14ClNO2. The van der Waals surface area contributed by atoms with Gasteiger partial charge in [-0.05, 0) is 19.1 Å². The lowest BCUT2D eigenvalue weighted by molar-refractivity contribution is 0.281. The van der Waals surface area contributed by atoms with E-state index in [-0.39, 0.29) is 6.61 Å². The standard InChI is InChI=1S/C17H14ClNO2/c1-11-2-4-13(5-3-11)17-15(10-20)16(19-21-17)12-6-8-14(18)9-7-12/h2-9,20H,10H2,1H3. The van der Waals surface area contributed by atoms with Gasteiger partial charge in [-0.3, -0.25) is 0 Å². The first-order valence-corrected chi connectivity index (χ1v) is 6.99. The van der Waals surface area contributed by atoms with Crippen LogP contribution in [-0.2, 0) is 6.61 Å². The molecule has 3 aromatic rings. The number of hydrogen-bond acceptors (Lipinski definition) is 3. The molecule has 0 aliphatic rings. The highest BCUT2D eigenvalue weighted by Gasteiger charge is 2.18. The van der Waals surface area contributed by atoms with Crippen molar-refractivity contribution >= 4 is 11.6 Å². The second kappa shape index (κ2) is 5.72. The van der Waals surface area contributed by atoms with Crippen molar-refractivity contribution in [3.05, 3.63) is 64.7 Å². The fraction of sp³-hybridized carbons (Fsp3) is 0.118. The van der Waals surface area contributed by atoms with Gasteiger partial charge in [0.15, 0.2) is 5.76 Å². The predicted molar refractivity (Wildman–Crippen MR) is 83.0 cm³/mol. The quantitative estimate of drug-likeness (QED) is 0.776. The fourth-order valence-electron chi connectivity index (χ4n) is 2.22. The smallest absolute Gasteiger partial charge is 0.173 e. The van der Waals surface area contributed by atoms with Gasteiger partial charge in [0.25, 0.3) is 0 Å². The number of aliphatic hydroxyl groups excluding tert-OH is 1. The van der Waals surface area contributed by atoms with Crippen molar-refractivity contribution in [2.45, 2.75) is 13.5 Å². The van der Waals surface area contributed by atoms with Gasteiger partial charge in [-0.2, -0.15) is 0 Å². The Hall–Kier alpha value is -2.10. The second-order valence-electron chi connectivity index (χ2n) is 4.87. The minimum atomic E-state index is -0.134. The fourth-order valence-corrected chi connectivity index (χ4v) is 2.35. The molecule has 106 valence electrons. The normalized spacial score (nSPS) is 10.8. The SMILES string of the molecule is Cc1ccc(-c2onc(-c3ccc(Cl)cc3)c2CO)cc1. The summed E-state index contributed by atoms with van der Waals surface area (Å²) in [6.45, 7) is 1.89.